The van der Waals surface area contributed by atoms with Crippen LogP contribution in [0.4, 0.5) is 39.8 Å². The Morgan fingerprint density at radius 3 is 1.20 bits per heavy atom. The average molecular weight is 710 g/mol. The Morgan fingerprint density at radius 1 is 0.426 bits per heavy atom. The first-order valence-corrected chi connectivity index (χ1v) is 19.4. The summed E-state index contributed by atoms with van der Waals surface area (Å²) in [4.78, 5) is 7.12. The number of anilines is 7. The van der Waals surface area contributed by atoms with Crippen molar-refractivity contribution in [3.63, 3.8) is 0 Å². The Hall–Kier alpha value is -5.54. The van der Waals surface area contributed by atoms with Gasteiger partial charge in [-0.2, -0.15) is 0 Å². The number of hydrogen-bond donors (Lipinski definition) is 0. The van der Waals surface area contributed by atoms with Crippen LogP contribution >= 0.6 is 0 Å². The lowest BCUT2D eigenvalue weighted by Gasteiger charge is -2.34. The van der Waals surface area contributed by atoms with Crippen molar-refractivity contribution in [3.05, 3.63) is 162 Å². The summed E-state index contributed by atoms with van der Waals surface area (Å²) in [5, 5.41) is 4.83. The van der Waals surface area contributed by atoms with Crippen LogP contribution in [0.25, 0.3) is 21.5 Å². The SMILES string of the molecule is Cc1ccc(N(c2ccc(C(C)C)cc2)c2c3ccccc3c(N(c3ccc(C(C)C)cc3)c3ccc(N(C)C)cc3)c3cc(C(C)(C)C)ccc23)cc1. The Balaban J connectivity index is 1.62. The molecule has 0 atom stereocenters. The first-order valence-electron chi connectivity index (χ1n) is 19.4. The second-order valence-electron chi connectivity index (χ2n) is 16.7. The highest BCUT2D eigenvalue weighted by atomic mass is 15.2. The van der Waals surface area contributed by atoms with Gasteiger partial charge in [0.15, 0.2) is 0 Å². The molecule has 0 saturated carbocycles. The summed E-state index contributed by atoms with van der Waals surface area (Å²) in [6, 6.07) is 52.5. The van der Waals surface area contributed by atoms with Gasteiger partial charge in [-0.1, -0.05) is 127 Å². The molecule has 0 heterocycles. The molecule has 3 heteroatoms. The fourth-order valence-electron chi connectivity index (χ4n) is 7.51. The van der Waals surface area contributed by atoms with Gasteiger partial charge in [0.2, 0.25) is 0 Å². The molecule has 0 amide bonds. The van der Waals surface area contributed by atoms with Crippen LogP contribution in [0.1, 0.15) is 82.6 Å². The number of rotatable bonds is 9. The molecule has 7 aromatic rings. The maximum absolute atomic E-state index is 2.48. The third kappa shape index (κ3) is 7.08. The fraction of sp³-hybridized carbons (Fsp3) is 0.255. The summed E-state index contributed by atoms with van der Waals surface area (Å²) >= 11 is 0. The van der Waals surface area contributed by atoms with Crippen LogP contribution in [-0.2, 0) is 5.41 Å². The molecule has 7 rings (SSSR count). The van der Waals surface area contributed by atoms with Crippen LogP contribution in [0.5, 0.6) is 0 Å². The summed E-state index contributed by atoms with van der Waals surface area (Å²) in [6.07, 6.45) is 0. The molecule has 0 spiro atoms. The van der Waals surface area contributed by atoms with Gasteiger partial charge in [-0.15, -0.1) is 0 Å². The molecule has 0 aliphatic rings. The quantitative estimate of drug-likeness (QED) is 0.109. The van der Waals surface area contributed by atoms with E-state index in [2.05, 4.69) is 224 Å². The molecule has 0 radical (unpaired) electrons. The topological polar surface area (TPSA) is 9.72 Å². The van der Waals surface area contributed by atoms with E-state index in [1.807, 2.05) is 0 Å². The average Bonchev–Trinajstić information content (AvgIpc) is 3.16. The van der Waals surface area contributed by atoms with Crippen LogP contribution < -0.4 is 14.7 Å². The molecule has 7 aromatic carbocycles. The molecule has 54 heavy (non-hydrogen) atoms. The lowest BCUT2D eigenvalue weighted by molar-refractivity contribution is 0.591. The Bertz CT molecular complexity index is 2330. The Kier molecular flexibility index (Phi) is 10.0. The van der Waals surface area contributed by atoms with E-state index in [1.54, 1.807) is 0 Å². The summed E-state index contributed by atoms with van der Waals surface area (Å²) < 4.78 is 0. The predicted molar refractivity (Wildman–Crippen MR) is 237 cm³/mol. The Morgan fingerprint density at radius 2 is 0.796 bits per heavy atom. The lowest BCUT2D eigenvalue weighted by atomic mass is 9.84. The van der Waals surface area contributed by atoms with Gasteiger partial charge in [0.1, 0.15) is 0 Å². The summed E-state index contributed by atoms with van der Waals surface area (Å²) in [5.41, 5.74) is 13.2. The molecule has 0 unspecified atom stereocenters. The van der Waals surface area contributed by atoms with Crippen LogP contribution in [0.2, 0.25) is 0 Å². The smallest absolute Gasteiger partial charge is 0.0620 e. The van der Waals surface area contributed by atoms with Crippen LogP contribution in [0, 0.1) is 6.92 Å². The monoisotopic (exact) mass is 709 g/mol. The molecular weight excluding hydrogens is 655 g/mol. The zero-order valence-corrected chi connectivity index (χ0v) is 33.8. The standard InChI is InChI=1S/C51H55N3/c1-34(2)37-17-24-42(25-18-37)53(41-22-15-36(5)16-23-41)49-45-13-11-12-14-46(45)50(48-33-39(51(6,7)8)21-32-47(48)49)54(43-26-19-38(20-27-43)35(3)4)44-30-28-40(29-31-44)52(9)10/h11-35H,1-10H3. The first kappa shape index (κ1) is 36.8. The van der Waals surface area contributed by atoms with Gasteiger partial charge in [-0.25, -0.2) is 0 Å². The van der Waals surface area contributed by atoms with Gasteiger partial charge in [0.25, 0.3) is 0 Å². The van der Waals surface area contributed by atoms with E-state index < -0.39 is 0 Å². The second kappa shape index (κ2) is 14.7. The molecule has 0 aromatic heterocycles. The van der Waals surface area contributed by atoms with Gasteiger partial charge >= 0.3 is 0 Å². The third-order valence-corrected chi connectivity index (χ3v) is 10.8. The summed E-state index contributed by atoms with van der Waals surface area (Å²) in [6.45, 7) is 18.1. The second-order valence-corrected chi connectivity index (χ2v) is 16.7. The van der Waals surface area contributed by atoms with E-state index in [0.29, 0.717) is 11.8 Å². The van der Waals surface area contributed by atoms with Crippen molar-refractivity contribution in [3.8, 4) is 0 Å². The van der Waals surface area contributed by atoms with Crippen molar-refractivity contribution in [1.29, 1.82) is 0 Å². The number of nitrogens with zero attached hydrogens (tertiary/aromatic N) is 3. The molecule has 0 aliphatic carbocycles. The van der Waals surface area contributed by atoms with Crippen LogP contribution in [0.3, 0.4) is 0 Å². The molecule has 0 aliphatic heterocycles. The van der Waals surface area contributed by atoms with Crippen LogP contribution in [-0.4, -0.2) is 14.1 Å². The largest absolute Gasteiger partial charge is 0.378 e. The number of benzene rings is 7. The maximum atomic E-state index is 2.48. The minimum Gasteiger partial charge on any atom is -0.378 e. The van der Waals surface area contributed by atoms with Crippen LogP contribution in [0.15, 0.2) is 140 Å². The predicted octanol–water partition coefficient (Wildman–Crippen LogP) is 14.9. The van der Waals surface area contributed by atoms with E-state index in [4.69, 9.17) is 0 Å². The Labute approximate surface area is 323 Å². The van der Waals surface area contributed by atoms with Crippen molar-refractivity contribution in [2.24, 2.45) is 0 Å². The van der Waals surface area contributed by atoms with Gasteiger partial charge < -0.3 is 14.7 Å². The van der Waals surface area contributed by atoms with Gasteiger partial charge in [-0.05, 0) is 108 Å². The van der Waals surface area contributed by atoms with Gasteiger partial charge in [-0.3, -0.25) is 0 Å². The normalized spacial score (nSPS) is 11.9. The fourth-order valence-corrected chi connectivity index (χ4v) is 7.51. The molecule has 274 valence electrons. The molecular formula is C51H55N3. The van der Waals surface area contributed by atoms with E-state index in [-0.39, 0.29) is 5.41 Å². The number of fused-ring (bicyclic) bond motifs is 2. The maximum Gasteiger partial charge on any atom is 0.0620 e. The van der Waals surface area contributed by atoms with E-state index in [0.717, 1.165) is 22.7 Å². The number of aryl methyl sites for hydroxylation is 1. The van der Waals surface area contributed by atoms with Gasteiger partial charge in [0, 0.05) is 64.1 Å². The van der Waals surface area contributed by atoms with E-state index in [1.165, 1.54) is 60.9 Å². The van der Waals surface area contributed by atoms with Crippen molar-refractivity contribution < 1.29 is 0 Å². The molecule has 0 bridgehead atoms. The zero-order chi connectivity index (χ0) is 38.3. The molecule has 3 nitrogen and oxygen atoms in total. The highest BCUT2D eigenvalue weighted by Gasteiger charge is 2.27. The van der Waals surface area contributed by atoms with Crippen molar-refractivity contribution in [2.45, 2.75) is 72.6 Å². The molecule has 0 saturated heterocycles. The van der Waals surface area contributed by atoms with Crippen molar-refractivity contribution in [2.75, 3.05) is 28.8 Å². The number of hydrogen-bond acceptors (Lipinski definition) is 3. The lowest BCUT2D eigenvalue weighted by Crippen LogP contribution is -2.16. The zero-order valence-electron chi connectivity index (χ0n) is 33.8. The molecule has 0 N–H and O–H groups in total. The van der Waals surface area contributed by atoms with Gasteiger partial charge in [0.05, 0.1) is 11.4 Å². The summed E-state index contributed by atoms with van der Waals surface area (Å²) in [7, 11) is 4.20. The highest BCUT2D eigenvalue weighted by molar-refractivity contribution is 6.23. The first-order chi connectivity index (χ1) is 25.8. The highest BCUT2D eigenvalue weighted by Crippen LogP contribution is 2.52. The van der Waals surface area contributed by atoms with Crippen molar-refractivity contribution >= 4 is 61.4 Å². The molecule has 0 fully saturated rings. The van der Waals surface area contributed by atoms with E-state index in [9.17, 15) is 0 Å². The van der Waals surface area contributed by atoms with E-state index >= 15 is 0 Å². The summed E-state index contributed by atoms with van der Waals surface area (Å²) in [5.74, 6) is 0.903. The minimum atomic E-state index is -0.0440. The third-order valence-electron chi connectivity index (χ3n) is 10.8. The minimum absolute atomic E-state index is 0.0440. The van der Waals surface area contributed by atoms with Crippen molar-refractivity contribution in [1.82, 2.24) is 0 Å².